The molecule has 0 aliphatic rings. The van der Waals surface area contributed by atoms with Crippen LogP contribution < -0.4 is 5.32 Å². The van der Waals surface area contributed by atoms with Crippen LogP contribution in [0.3, 0.4) is 0 Å². The van der Waals surface area contributed by atoms with Gasteiger partial charge in [0.15, 0.2) is 5.13 Å². The number of rotatable bonds is 6. The van der Waals surface area contributed by atoms with Crippen LogP contribution in [0.4, 0.5) is 5.13 Å². The quantitative estimate of drug-likeness (QED) is 0.743. The van der Waals surface area contributed by atoms with Crippen molar-refractivity contribution in [3.63, 3.8) is 0 Å². The third-order valence-electron chi connectivity index (χ3n) is 1.57. The van der Waals surface area contributed by atoms with Crippen molar-refractivity contribution in [1.29, 1.82) is 0 Å². The number of unbranched alkanes of at least 4 members (excludes halogenated alkanes) is 1. The van der Waals surface area contributed by atoms with Gasteiger partial charge < -0.3 is 10.4 Å². The summed E-state index contributed by atoms with van der Waals surface area (Å²) in [5, 5.41) is 14.5. The minimum atomic E-state index is -0.748. The average Bonchev–Trinajstić information content (AvgIpc) is 2.50. The van der Waals surface area contributed by atoms with Crippen molar-refractivity contribution in [1.82, 2.24) is 4.98 Å². The summed E-state index contributed by atoms with van der Waals surface area (Å²) < 4.78 is 0. The highest BCUT2D eigenvalue weighted by Crippen LogP contribution is 2.18. The first-order valence-corrected chi connectivity index (χ1v) is 5.51. The second kappa shape index (κ2) is 5.82. The van der Waals surface area contributed by atoms with Crippen LogP contribution in [-0.2, 0) is 4.79 Å². The van der Waals surface area contributed by atoms with E-state index in [1.165, 1.54) is 11.3 Å². The van der Waals surface area contributed by atoms with Crippen LogP contribution in [0.1, 0.15) is 19.3 Å². The molecule has 0 aliphatic carbocycles. The van der Waals surface area contributed by atoms with E-state index in [2.05, 4.69) is 10.3 Å². The summed E-state index contributed by atoms with van der Waals surface area (Å²) in [6.07, 6.45) is 1.73. The lowest BCUT2D eigenvalue weighted by molar-refractivity contribution is -0.137. The first-order chi connectivity index (χ1) is 6.68. The van der Waals surface area contributed by atoms with Crippen LogP contribution in [0, 0.1) is 0 Å². The highest BCUT2D eigenvalue weighted by molar-refractivity contribution is 7.14. The SMILES string of the molecule is O=C(O)CCCCNc1nc(Cl)cs1. The molecule has 0 atom stereocenters. The summed E-state index contributed by atoms with van der Waals surface area (Å²) in [5.41, 5.74) is 0. The van der Waals surface area contributed by atoms with Crippen LogP contribution in [0.25, 0.3) is 0 Å². The lowest BCUT2D eigenvalue weighted by atomic mass is 10.2. The minimum absolute atomic E-state index is 0.223. The number of aliphatic carboxylic acids is 1. The van der Waals surface area contributed by atoms with E-state index in [1.54, 1.807) is 5.38 Å². The van der Waals surface area contributed by atoms with Crippen molar-refractivity contribution in [3.8, 4) is 0 Å². The van der Waals surface area contributed by atoms with Crippen LogP contribution in [0.2, 0.25) is 5.15 Å². The Labute approximate surface area is 90.9 Å². The van der Waals surface area contributed by atoms with Gasteiger partial charge in [0.2, 0.25) is 0 Å². The molecule has 0 saturated heterocycles. The Hall–Kier alpha value is -0.810. The van der Waals surface area contributed by atoms with Gasteiger partial charge in [-0.1, -0.05) is 11.6 Å². The fraction of sp³-hybridized carbons (Fsp3) is 0.500. The van der Waals surface area contributed by atoms with E-state index < -0.39 is 5.97 Å². The number of nitrogens with one attached hydrogen (secondary N) is 1. The first-order valence-electron chi connectivity index (χ1n) is 4.25. The highest BCUT2D eigenvalue weighted by atomic mass is 35.5. The largest absolute Gasteiger partial charge is 0.481 e. The fourth-order valence-electron chi connectivity index (χ4n) is 0.932. The van der Waals surface area contributed by atoms with Crippen LogP contribution in [-0.4, -0.2) is 22.6 Å². The fourth-order valence-corrected chi connectivity index (χ4v) is 1.80. The molecule has 0 spiro atoms. The normalized spacial score (nSPS) is 10.1. The van der Waals surface area contributed by atoms with Crippen LogP contribution in [0.15, 0.2) is 5.38 Å². The molecule has 4 nitrogen and oxygen atoms in total. The molecular weight excluding hydrogens is 224 g/mol. The predicted molar refractivity (Wildman–Crippen MR) is 57.1 cm³/mol. The number of hydrogen-bond donors (Lipinski definition) is 2. The molecule has 1 aromatic rings. The molecule has 2 N–H and O–H groups in total. The number of halogens is 1. The zero-order chi connectivity index (χ0) is 10.4. The van der Waals surface area contributed by atoms with Crippen molar-refractivity contribution in [2.75, 3.05) is 11.9 Å². The smallest absolute Gasteiger partial charge is 0.303 e. The Bertz CT molecular complexity index is 303. The van der Waals surface area contributed by atoms with E-state index in [0.717, 1.165) is 18.1 Å². The molecule has 0 bridgehead atoms. The van der Waals surface area contributed by atoms with Gasteiger partial charge in [0.1, 0.15) is 5.15 Å². The number of anilines is 1. The van der Waals surface area contributed by atoms with Gasteiger partial charge in [-0.05, 0) is 12.8 Å². The number of hydrogen-bond acceptors (Lipinski definition) is 4. The molecular formula is C8H11ClN2O2S. The lowest BCUT2D eigenvalue weighted by Crippen LogP contribution is -2.02. The standard InChI is InChI=1S/C8H11ClN2O2S/c9-6-5-14-8(11-6)10-4-2-1-3-7(12)13/h5H,1-4H2,(H,10,11)(H,12,13). The monoisotopic (exact) mass is 234 g/mol. The average molecular weight is 235 g/mol. The van der Waals surface area contributed by atoms with E-state index >= 15 is 0 Å². The number of nitrogens with zero attached hydrogens (tertiary/aromatic N) is 1. The van der Waals surface area contributed by atoms with Crippen LogP contribution in [0.5, 0.6) is 0 Å². The third kappa shape index (κ3) is 4.43. The Kier molecular flexibility index (Phi) is 4.69. The molecule has 1 aromatic heterocycles. The lowest BCUT2D eigenvalue weighted by Gasteiger charge is -2.00. The maximum Gasteiger partial charge on any atom is 0.303 e. The Morgan fingerprint density at radius 3 is 3.00 bits per heavy atom. The Balaban J connectivity index is 2.07. The third-order valence-corrected chi connectivity index (χ3v) is 2.69. The van der Waals surface area contributed by atoms with E-state index in [0.29, 0.717) is 11.6 Å². The van der Waals surface area contributed by atoms with Gasteiger partial charge in [-0.25, -0.2) is 4.98 Å². The zero-order valence-corrected chi connectivity index (χ0v) is 9.07. The van der Waals surface area contributed by atoms with Crippen molar-refractivity contribution >= 4 is 34.0 Å². The summed E-state index contributed by atoms with van der Waals surface area (Å²) >= 11 is 7.07. The van der Waals surface area contributed by atoms with E-state index in [4.69, 9.17) is 16.7 Å². The second-order valence-electron chi connectivity index (χ2n) is 2.75. The van der Waals surface area contributed by atoms with E-state index in [9.17, 15) is 4.79 Å². The van der Waals surface area contributed by atoms with Gasteiger partial charge in [0, 0.05) is 18.3 Å². The molecule has 0 amide bonds. The number of carboxylic acids is 1. The molecule has 0 fully saturated rings. The first kappa shape index (κ1) is 11.3. The van der Waals surface area contributed by atoms with Crippen molar-refractivity contribution in [2.24, 2.45) is 0 Å². The Morgan fingerprint density at radius 2 is 2.43 bits per heavy atom. The molecule has 0 unspecified atom stereocenters. The summed E-state index contributed by atoms with van der Waals surface area (Å²) in [6, 6.07) is 0. The molecule has 0 aromatic carbocycles. The van der Waals surface area contributed by atoms with Gasteiger partial charge in [-0.3, -0.25) is 4.79 Å². The minimum Gasteiger partial charge on any atom is -0.481 e. The summed E-state index contributed by atoms with van der Waals surface area (Å²) in [7, 11) is 0. The Morgan fingerprint density at radius 1 is 1.64 bits per heavy atom. The number of carbonyl (C=O) groups is 1. The van der Waals surface area contributed by atoms with Crippen molar-refractivity contribution in [3.05, 3.63) is 10.5 Å². The zero-order valence-electron chi connectivity index (χ0n) is 7.49. The second-order valence-corrected chi connectivity index (χ2v) is 4.00. The summed E-state index contributed by atoms with van der Waals surface area (Å²) in [4.78, 5) is 14.2. The molecule has 6 heteroatoms. The number of thiazole rings is 1. The van der Waals surface area contributed by atoms with E-state index in [-0.39, 0.29) is 6.42 Å². The molecule has 0 saturated carbocycles. The molecule has 1 heterocycles. The van der Waals surface area contributed by atoms with Gasteiger partial charge in [-0.2, -0.15) is 0 Å². The van der Waals surface area contributed by atoms with Gasteiger partial charge in [0.05, 0.1) is 0 Å². The predicted octanol–water partition coefficient (Wildman–Crippen LogP) is 2.46. The van der Waals surface area contributed by atoms with Crippen molar-refractivity contribution < 1.29 is 9.90 Å². The molecule has 0 aliphatic heterocycles. The summed E-state index contributed by atoms with van der Waals surface area (Å²) in [5.74, 6) is -0.748. The van der Waals surface area contributed by atoms with Gasteiger partial charge >= 0.3 is 5.97 Å². The van der Waals surface area contributed by atoms with E-state index in [1.807, 2.05) is 0 Å². The number of aromatic nitrogens is 1. The topological polar surface area (TPSA) is 62.2 Å². The maximum absolute atomic E-state index is 10.2. The summed E-state index contributed by atoms with van der Waals surface area (Å²) in [6.45, 7) is 0.733. The maximum atomic E-state index is 10.2. The molecule has 14 heavy (non-hydrogen) atoms. The van der Waals surface area contributed by atoms with Crippen LogP contribution >= 0.6 is 22.9 Å². The number of carboxylic acid groups (broad SMARTS) is 1. The molecule has 78 valence electrons. The molecule has 1 rings (SSSR count). The van der Waals surface area contributed by atoms with Gasteiger partial charge in [0.25, 0.3) is 0 Å². The molecule has 0 radical (unpaired) electrons. The van der Waals surface area contributed by atoms with Crippen molar-refractivity contribution in [2.45, 2.75) is 19.3 Å². The highest BCUT2D eigenvalue weighted by Gasteiger charge is 1.99. The van der Waals surface area contributed by atoms with Gasteiger partial charge in [-0.15, -0.1) is 11.3 Å².